The molecule has 104 valence electrons. The molecule has 2 unspecified atom stereocenters. The predicted octanol–water partition coefficient (Wildman–Crippen LogP) is 3.29. The van der Waals surface area contributed by atoms with E-state index in [-0.39, 0.29) is 12.0 Å². The van der Waals surface area contributed by atoms with E-state index in [1.54, 1.807) is 6.07 Å². The van der Waals surface area contributed by atoms with E-state index in [1.807, 2.05) is 6.07 Å². The fourth-order valence-electron chi connectivity index (χ4n) is 2.34. The van der Waals surface area contributed by atoms with Gasteiger partial charge in [0, 0.05) is 21.0 Å². The van der Waals surface area contributed by atoms with Gasteiger partial charge in [0.2, 0.25) is 0 Å². The molecule has 1 fully saturated rings. The molecule has 19 heavy (non-hydrogen) atoms. The Labute approximate surface area is 129 Å². The van der Waals surface area contributed by atoms with Gasteiger partial charge >= 0.3 is 5.97 Å². The number of benzene rings is 1. The van der Waals surface area contributed by atoms with E-state index in [2.05, 4.69) is 37.2 Å². The van der Waals surface area contributed by atoms with Gasteiger partial charge in [-0.15, -0.1) is 0 Å². The number of hydrogen-bond donors (Lipinski definition) is 2. The van der Waals surface area contributed by atoms with Crippen LogP contribution in [0.15, 0.2) is 21.1 Å². The third-order valence-corrected chi connectivity index (χ3v) is 4.37. The highest BCUT2D eigenvalue weighted by molar-refractivity contribution is 9.11. The van der Waals surface area contributed by atoms with Gasteiger partial charge < -0.3 is 15.8 Å². The van der Waals surface area contributed by atoms with E-state index in [1.165, 1.54) is 7.11 Å². The van der Waals surface area contributed by atoms with Gasteiger partial charge in [-0.05, 0) is 47.3 Å². The lowest BCUT2D eigenvalue weighted by Crippen LogP contribution is -2.22. The van der Waals surface area contributed by atoms with Crippen molar-refractivity contribution in [2.45, 2.75) is 31.3 Å². The van der Waals surface area contributed by atoms with Gasteiger partial charge in [-0.1, -0.05) is 15.9 Å². The van der Waals surface area contributed by atoms with Crippen molar-refractivity contribution in [2.75, 3.05) is 12.4 Å². The maximum atomic E-state index is 11.8. The van der Waals surface area contributed by atoms with Crippen LogP contribution in [0.5, 0.6) is 0 Å². The van der Waals surface area contributed by atoms with Crippen LogP contribution in [0, 0.1) is 0 Å². The fourth-order valence-corrected chi connectivity index (χ4v) is 3.68. The molecule has 0 aliphatic heterocycles. The van der Waals surface area contributed by atoms with Crippen LogP contribution >= 0.6 is 31.9 Å². The normalized spacial score (nSPS) is 22.3. The summed E-state index contributed by atoms with van der Waals surface area (Å²) in [6, 6.07) is 4.21. The van der Waals surface area contributed by atoms with Crippen LogP contribution < -0.4 is 11.1 Å². The van der Waals surface area contributed by atoms with Crippen LogP contribution in [0.2, 0.25) is 0 Å². The molecular weight excluding hydrogens is 376 g/mol. The highest BCUT2D eigenvalue weighted by Crippen LogP contribution is 2.33. The first-order chi connectivity index (χ1) is 9.01. The zero-order chi connectivity index (χ0) is 14.0. The number of anilines is 1. The van der Waals surface area contributed by atoms with Gasteiger partial charge in [0.25, 0.3) is 0 Å². The Hall–Kier alpha value is -0.590. The zero-order valence-corrected chi connectivity index (χ0v) is 13.8. The molecule has 0 radical (unpaired) electrons. The third kappa shape index (κ3) is 3.49. The van der Waals surface area contributed by atoms with Gasteiger partial charge in [0.15, 0.2) is 0 Å². The van der Waals surface area contributed by atoms with Crippen LogP contribution in [0.25, 0.3) is 0 Å². The van der Waals surface area contributed by atoms with Gasteiger partial charge in [0.05, 0.1) is 18.4 Å². The lowest BCUT2D eigenvalue weighted by Gasteiger charge is -2.18. The molecule has 2 atom stereocenters. The molecule has 0 aromatic heterocycles. The van der Waals surface area contributed by atoms with Crippen molar-refractivity contribution in [1.82, 2.24) is 0 Å². The van der Waals surface area contributed by atoms with Crippen molar-refractivity contribution in [2.24, 2.45) is 5.73 Å². The summed E-state index contributed by atoms with van der Waals surface area (Å²) in [5, 5.41) is 3.40. The van der Waals surface area contributed by atoms with E-state index in [0.717, 1.165) is 33.9 Å². The van der Waals surface area contributed by atoms with E-state index in [9.17, 15) is 4.79 Å². The first kappa shape index (κ1) is 14.8. The Morgan fingerprint density at radius 2 is 2.16 bits per heavy atom. The molecule has 0 spiro atoms. The molecule has 4 nitrogen and oxygen atoms in total. The molecule has 1 aliphatic rings. The molecule has 0 heterocycles. The molecule has 2 rings (SSSR count). The average Bonchev–Trinajstić information content (AvgIpc) is 2.77. The number of halogens is 2. The number of esters is 1. The Morgan fingerprint density at radius 3 is 2.74 bits per heavy atom. The molecule has 6 heteroatoms. The van der Waals surface area contributed by atoms with E-state index >= 15 is 0 Å². The number of nitrogens with two attached hydrogens (primary N) is 1. The van der Waals surface area contributed by atoms with Gasteiger partial charge in [-0.25, -0.2) is 4.79 Å². The Balaban J connectivity index is 2.29. The minimum Gasteiger partial charge on any atom is -0.465 e. The quantitative estimate of drug-likeness (QED) is 0.776. The number of carbonyl (C=O) groups excluding carboxylic acids is 1. The molecule has 1 aliphatic carbocycles. The molecule has 1 saturated carbocycles. The standard InChI is InChI=1S/C13H16Br2N2O2/c1-19-13(18)10-4-7(14)5-11(15)12(10)17-9-3-2-8(16)6-9/h4-5,8-9,17H,2-3,6,16H2,1H3. The maximum Gasteiger partial charge on any atom is 0.340 e. The van der Waals surface area contributed by atoms with E-state index in [4.69, 9.17) is 10.5 Å². The minimum absolute atomic E-state index is 0.244. The molecule has 0 amide bonds. The topological polar surface area (TPSA) is 64.3 Å². The molecular formula is C13H16Br2N2O2. The summed E-state index contributed by atoms with van der Waals surface area (Å²) in [7, 11) is 1.38. The van der Waals surface area contributed by atoms with E-state index < -0.39 is 0 Å². The largest absolute Gasteiger partial charge is 0.465 e. The van der Waals surface area contributed by atoms with Crippen LogP contribution in [-0.4, -0.2) is 25.2 Å². The zero-order valence-electron chi connectivity index (χ0n) is 10.6. The van der Waals surface area contributed by atoms with Crippen LogP contribution in [0.3, 0.4) is 0 Å². The summed E-state index contributed by atoms with van der Waals surface area (Å²) in [6.07, 6.45) is 2.95. The van der Waals surface area contributed by atoms with Crippen LogP contribution in [0.1, 0.15) is 29.6 Å². The Morgan fingerprint density at radius 1 is 1.42 bits per heavy atom. The Bertz CT molecular complexity index is 494. The average molecular weight is 392 g/mol. The van der Waals surface area contributed by atoms with E-state index in [0.29, 0.717) is 11.6 Å². The molecule has 0 bridgehead atoms. The van der Waals surface area contributed by atoms with Crippen molar-refractivity contribution in [3.05, 3.63) is 26.6 Å². The van der Waals surface area contributed by atoms with Crippen LogP contribution in [0.4, 0.5) is 5.69 Å². The summed E-state index contributed by atoms with van der Waals surface area (Å²) in [5.41, 5.74) is 7.20. The highest BCUT2D eigenvalue weighted by atomic mass is 79.9. The molecule has 3 N–H and O–H groups in total. The molecule has 1 aromatic carbocycles. The van der Waals surface area contributed by atoms with Crippen LogP contribution in [-0.2, 0) is 4.74 Å². The lowest BCUT2D eigenvalue weighted by atomic mass is 10.1. The highest BCUT2D eigenvalue weighted by Gasteiger charge is 2.24. The second kappa shape index (κ2) is 6.24. The second-order valence-electron chi connectivity index (χ2n) is 4.72. The smallest absolute Gasteiger partial charge is 0.340 e. The summed E-state index contributed by atoms with van der Waals surface area (Å²) in [6.45, 7) is 0. The summed E-state index contributed by atoms with van der Waals surface area (Å²) in [4.78, 5) is 11.8. The van der Waals surface area contributed by atoms with Crippen molar-refractivity contribution in [1.29, 1.82) is 0 Å². The maximum absolute atomic E-state index is 11.8. The number of rotatable bonds is 3. The summed E-state index contributed by atoms with van der Waals surface area (Å²) in [5.74, 6) is -0.355. The number of carbonyl (C=O) groups is 1. The lowest BCUT2D eigenvalue weighted by molar-refractivity contribution is 0.0601. The van der Waals surface area contributed by atoms with Crippen molar-refractivity contribution in [3.63, 3.8) is 0 Å². The van der Waals surface area contributed by atoms with Crippen molar-refractivity contribution in [3.8, 4) is 0 Å². The Kier molecular flexibility index (Phi) is 4.86. The number of ether oxygens (including phenoxy) is 1. The molecule has 0 saturated heterocycles. The predicted molar refractivity (Wildman–Crippen MR) is 82.4 cm³/mol. The third-order valence-electron chi connectivity index (χ3n) is 3.28. The summed E-state index contributed by atoms with van der Waals surface area (Å²) < 4.78 is 6.49. The minimum atomic E-state index is -0.355. The van der Waals surface area contributed by atoms with Gasteiger partial charge in [0.1, 0.15) is 0 Å². The first-order valence-electron chi connectivity index (χ1n) is 6.10. The number of hydrogen-bond acceptors (Lipinski definition) is 4. The monoisotopic (exact) mass is 390 g/mol. The SMILES string of the molecule is COC(=O)c1cc(Br)cc(Br)c1NC1CCC(N)C1. The first-order valence-corrected chi connectivity index (χ1v) is 7.69. The second-order valence-corrected chi connectivity index (χ2v) is 6.49. The summed E-state index contributed by atoms with van der Waals surface area (Å²) >= 11 is 6.87. The van der Waals surface area contributed by atoms with Gasteiger partial charge in [-0.3, -0.25) is 0 Å². The molecule has 1 aromatic rings. The fraction of sp³-hybridized carbons (Fsp3) is 0.462. The number of nitrogens with one attached hydrogen (secondary N) is 1. The van der Waals surface area contributed by atoms with Crippen molar-refractivity contribution < 1.29 is 9.53 Å². The van der Waals surface area contributed by atoms with Gasteiger partial charge in [-0.2, -0.15) is 0 Å². The van der Waals surface area contributed by atoms with Crippen molar-refractivity contribution >= 4 is 43.5 Å². The number of methoxy groups -OCH3 is 1.